The summed E-state index contributed by atoms with van der Waals surface area (Å²) in [6.07, 6.45) is -0.862. The van der Waals surface area contributed by atoms with E-state index < -0.39 is 30.3 Å². The monoisotopic (exact) mass is 587 g/mol. The minimum absolute atomic E-state index is 0. The van der Waals surface area contributed by atoms with Crippen molar-refractivity contribution in [3.63, 3.8) is 0 Å². The van der Waals surface area contributed by atoms with Crippen LogP contribution in [-0.2, 0) is 9.59 Å². The number of fused-ring (bicyclic) bond motifs is 1. The number of anilines is 4. The van der Waals surface area contributed by atoms with E-state index >= 15 is 0 Å². The zero-order chi connectivity index (χ0) is 24.1. The third-order valence-electron chi connectivity index (χ3n) is 5.23. The summed E-state index contributed by atoms with van der Waals surface area (Å²) < 4.78 is 0. The fraction of sp³-hybridized carbons (Fsp3) is 0.350. The second-order valence-electron chi connectivity index (χ2n) is 7.51. The van der Waals surface area contributed by atoms with Crippen LogP contribution >= 0.6 is 0 Å². The fourth-order valence-corrected chi connectivity index (χ4v) is 3.41. The molecule has 0 saturated carbocycles. The van der Waals surface area contributed by atoms with Crippen LogP contribution in [0.4, 0.5) is 23.1 Å². The van der Waals surface area contributed by atoms with Crippen LogP contribution in [0.5, 0.6) is 0 Å². The normalized spacial score (nSPS) is 13.3. The Morgan fingerprint density at radius 3 is 2.26 bits per heavy atom. The molecule has 0 radical (unpaired) electrons. The van der Waals surface area contributed by atoms with E-state index in [1.165, 1.54) is 12.1 Å². The van der Waals surface area contributed by atoms with E-state index in [-0.39, 0.29) is 94.7 Å². The maximum atomic E-state index is 12.3. The smallest absolute Gasteiger partial charge is 0.550 e. The molecule has 1 aromatic carbocycles. The van der Waals surface area contributed by atoms with Crippen molar-refractivity contribution >= 4 is 78.7 Å². The van der Waals surface area contributed by atoms with Crippen molar-refractivity contribution in [2.24, 2.45) is 0 Å². The summed E-state index contributed by atoms with van der Waals surface area (Å²) >= 11 is 0. The Kier molecular flexibility index (Phi) is 20.8. The molecule has 216 valence electrons. The minimum atomic E-state index is -1.58. The van der Waals surface area contributed by atoms with Crippen molar-refractivity contribution in [2.45, 2.75) is 24.9 Å². The number of H-pyrrole nitrogens is 1. The van der Waals surface area contributed by atoms with Gasteiger partial charge in [0.25, 0.3) is 11.5 Å². The number of nitrogens with two attached hydrogens (primary N) is 1. The van der Waals surface area contributed by atoms with Gasteiger partial charge in [-0.15, -0.1) is 0 Å². The summed E-state index contributed by atoms with van der Waals surface area (Å²) in [4.78, 5) is 54.5. The van der Waals surface area contributed by atoms with Gasteiger partial charge >= 0.3 is 37.7 Å². The van der Waals surface area contributed by atoms with Gasteiger partial charge in [-0.3, -0.25) is 14.6 Å². The third kappa shape index (κ3) is 11.2. The van der Waals surface area contributed by atoms with Gasteiger partial charge in [0.2, 0.25) is 5.95 Å². The number of aromatic amines is 1. The van der Waals surface area contributed by atoms with E-state index in [1.54, 1.807) is 24.1 Å². The summed E-state index contributed by atoms with van der Waals surface area (Å²) in [7, 11) is 1.78. The molecule has 2 heterocycles. The number of aliphatic carboxylic acids is 2. The molecule has 0 aliphatic carbocycles. The number of amides is 1. The third-order valence-corrected chi connectivity index (χ3v) is 5.23. The second-order valence-corrected chi connectivity index (χ2v) is 7.51. The summed E-state index contributed by atoms with van der Waals surface area (Å²) in [5.74, 6) is -3.22. The van der Waals surface area contributed by atoms with Crippen LogP contribution < -0.4 is 42.4 Å². The van der Waals surface area contributed by atoms with Gasteiger partial charge in [-0.1, -0.05) is 0 Å². The van der Waals surface area contributed by atoms with Crippen molar-refractivity contribution in [2.75, 3.05) is 41.4 Å². The average Bonchev–Trinajstić information content (AvgIpc) is 2.75. The molecule has 0 fully saturated rings. The number of nitrogens with one attached hydrogen (secondary N) is 4. The summed E-state index contributed by atoms with van der Waals surface area (Å²) in [5, 5.41) is 30.2. The molecule has 18 nitrogen and oxygen atoms in total. The maximum Gasteiger partial charge on any atom is 2.00 e. The number of carboxylic acids is 2. The summed E-state index contributed by atoms with van der Waals surface area (Å²) in [6, 6.07) is 4.75. The molecule has 2 aromatic rings. The summed E-state index contributed by atoms with van der Waals surface area (Å²) in [5.41, 5.74) is 6.51. The van der Waals surface area contributed by atoms with Gasteiger partial charge in [-0.25, -0.2) is 0 Å². The number of hydrogen-bond acceptors (Lipinski definition) is 11. The molecular formula is C20H33CaN7O11. The first-order valence-corrected chi connectivity index (χ1v) is 10.1. The predicted octanol–water partition coefficient (Wildman–Crippen LogP) is -7.43. The van der Waals surface area contributed by atoms with Crippen LogP contribution in [0.3, 0.4) is 0 Å². The summed E-state index contributed by atoms with van der Waals surface area (Å²) in [6.45, 7) is 0.984. The van der Waals surface area contributed by atoms with Crippen LogP contribution in [0.25, 0.3) is 0 Å². The number of benzene rings is 1. The van der Waals surface area contributed by atoms with E-state index in [4.69, 9.17) is 5.73 Å². The number of likely N-dealkylation sites (N-methyl/N-ethyl adjacent to an activating group) is 1. The topological polar surface area (TPSA) is 366 Å². The quantitative estimate of drug-likeness (QED) is 0.171. The Balaban J connectivity index is -0.00000102. The average molecular weight is 588 g/mol. The minimum Gasteiger partial charge on any atom is -0.550 e. The number of nitrogen functional groups attached to an aromatic ring is 1. The van der Waals surface area contributed by atoms with Gasteiger partial charge in [0.05, 0.1) is 18.1 Å². The number of carboxylic acid groups (broad SMARTS) is 2. The van der Waals surface area contributed by atoms with E-state index in [1.807, 2.05) is 0 Å². The van der Waals surface area contributed by atoms with E-state index in [0.29, 0.717) is 30.3 Å². The fourth-order valence-electron chi connectivity index (χ4n) is 3.41. The van der Waals surface area contributed by atoms with E-state index in [9.17, 15) is 29.4 Å². The van der Waals surface area contributed by atoms with Crippen LogP contribution in [0, 0.1) is 0 Å². The van der Waals surface area contributed by atoms with Gasteiger partial charge in [0, 0.05) is 37.4 Å². The molecule has 39 heavy (non-hydrogen) atoms. The Morgan fingerprint density at radius 1 is 1.13 bits per heavy atom. The molecule has 3 rings (SSSR count). The number of rotatable bonds is 9. The van der Waals surface area contributed by atoms with Crippen molar-refractivity contribution in [1.82, 2.24) is 15.3 Å². The number of carbonyl (C=O) groups excluding carboxylic acids is 3. The van der Waals surface area contributed by atoms with Gasteiger partial charge in [0.1, 0.15) is 5.69 Å². The van der Waals surface area contributed by atoms with Gasteiger partial charge in [0.15, 0.2) is 5.82 Å². The number of hydrogen-bond donors (Lipinski definition) is 5. The number of aromatic nitrogens is 2. The molecule has 1 aromatic heterocycles. The van der Waals surface area contributed by atoms with Crippen LogP contribution in [0.2, 0.25) is 0 Å². The number of nitrogens with zero attached hydrogens (tertiary/aromatic N) is 2. The molecular weight excluding hydrogens is 554 g/mol. The van der Waals surface area contributed by atoms with Crippen molar-refractivity contribution < 1.29 is 52.0 Å². The molecule has 1 aliphatic heterocycles. The molecule has 1 aliphatic rings. The van der Waals surface area contributed by atoms with Crippen molar-refractivity contribution in [3.8, 4) is 0 Å². The Morgan fingerprint density at radius 2 is 1.72 bits per heavy atom. The van der Waals surface area contributed by atoms with Crippen LogP contribution in [0.1, 0.15) is 23.2 Å². The van der Waals surface area contributed by atoms with Crippen molar-refractivity contribution in [3.05, 3.63) is 40.2 Å². The first-order valence-electron chi connectivity index (χ1n) is 10.1. The van der Waals surface area contributed by atoms with E-state index in [2.05, 4.69) is 25.9 Å². The molecule has 1 amide bonds. The van der Waals surface area contributed by atoms with Gasteiger partial charge < -0.3 is 73.8 Å². The van der Waals surface area contributed by atoms with Gasteiger partial charge in [-0.2, -0.15) is 4.98 Å². The predicted molar refractivity (Wildman–Crippen MR) is 139 cm³/mol. The molecule has 16 N–H and O–H groups in total. The Hall–Kier alpha value is -3.23. The Bertz CT molecular complexity index is 1120. The SMILES string of the molecule is CN1c2c(nc(N)[nH]c2=O)NC[C@@H]1CNc1ccc(C(=O)N[C@@H](CCC(=O)[O-])C(=O)[O-])cc1.O.O.O.O.O.[Ca+2]. The first kappa shape index (κ1) is 42.8. The largest absolute Gasteiger partial charge is 2.00 e. The van der Waals surface area contributed by atoms with E-state index in [0.717, 1.165) is 0 Å². The number of carbonyl (C=O) groups is 3. The van der Waals surface area contributed by atoms with Crippen LogP contribution in [0.15, 0.2) is 29.1 Å². The molecule has 2 atom stereocenters. The molecule has 0 spiro atoms. The first-order chi connectivity index (χ1) is 15.7. The Labute approximate surface area is 251 Å². The second kappa shape index (κ2) is 18.9. The van der Waals surface area contributed by atoms with Crippen molar-refractivity contribution in [1.29, 1.82) is 0 Å². The zero-order valence-electron chi connectivity index (χ0n) is 20.9. The standard InChI is InChI=1S/C20H25N7O6.Ca.5H2O/c1-27-12(9-23-16-15(27)18(31)26-20(21)25-16)8-22-11-4-2-10(3-5-11)17(30)24-13(19(32)33)6-7-14(28)29;;;;;;/h2-5,12-13,22H,6-9H2,1H3,(H,24,30)(H,28,29)(H,32,33)(H4,21,23,25,26,31);;5*1H2/q;+2;;;;;/p-2/t12-,13-;;;;;;/m0....../s1. The molecule has 19 heteroatoms. The molecule has 0 unspecified atom stereocenters. The molecule has 0 saturated heterocycles. The molecule has 0 bridgehead atoms. The van der Waals surface area contributed by atoms with Crippen LogP contribution in [-0.4, -0.2) is 125 Å². The maximum absolute atomic E-state index is 12.3. The van der Waals surface area contributed by atoms with Gasteiger partial charge in [-0.05, 0) is 37.1 Å². The zero-order valence-corrected chi connectivity index (χ0v) is 23.1.